The minimum absolute atomic E-state index is 0.244. The van der Waals surface area contributed by atoms with Crippen molar-refractivity contribution in [2.45, 2.75) is 408 Å². The summed E-state index contributed by atoms with van der Waals surface area (Å²) >= 11 is 0. The fourth-order valence-electron chi connectivity index (χ4n) is 13.0. The van der Waals surface area contributed by atoms with Gasteiger partial charge in [0.1, 0.15) is 48.8 Å². The van der Waals surface area contributed by atoms with Crippen molar-refractivity contribution < 1.29 is 64.6 Å². The Morgan fingerprint density at radius 2 is 0.690 bits per heavy atom. The molecule has 0 aliphatic carbocycles. The van der Waals surface area contributed by atoms with Crippen LogP contribution in [0.25, 0.3) is 0 Å². The van der Waals surface area contributed by atoms with E-state index in [1.54, 1.807) is 6.08 Å². The number of hydrogen-bond acceptors (Lipinski definition) is 13. The number of aliphatic hydroxyl groups is 8. The van der Waals surface area contributed by atoms with Crippen molar-refractivity contribution in [3.05, 3.63) is 109 Å². The van der Waals surface area contributed by atoms with Crippen molar-refractivity contribution in [2.75, 3.05) is 19.8 Å². The van der Waals surface area contributed by atoms with Crippen LogP contribution >= 0.6 is 0 Å². The molecule has 9 N–H and O–H groups in total. The number of aliphatic hydroxyl groups excluding tert-OH is 8. The van der Waals surface area contributed by atoms with E-state index < -0.39 is 86.8 Å². The molecule has 12 atom stereocenters. The maximum absolute atomic E-state index is 13.4. The van der Waals surface area contributed by atoms with Gasteiger partial charge < -0.3 is 65.1 Å². The zero-order chi connectivity index (χ0) is 72.2. The van der Waals surface area contributed by atoms with E-state index in [9.17, 15) is 45.6 Å². The third kappa shape index (κ3) is 50.9. The number of carbonyl (C=O) groups is 1. The first-order valence-electron chi connectivity index (χ1n) is 41.1. The van der Waals surface area contributed by atoms with Crippen LogP contribution < -0.4 is 5.32 Å². The normalized spacial score (nSPS) is 22.4. The quantitative estimate of drug-likeness (QED) is 0.0204. The third-order valence-corrected chi connectivity index (χ3v) is 19.5. The highest BCUT2D eigenvalue weighted by molar-refractivity contribution is 5.76. The molecule has 2 heterocycles. The first kappa shape index (κ1) is 92.7. The zero-order valence-electron chi connectivity index (χ0n) is 63.4. The Morgan fingerprint density at radius 1 is 0.370 bits per heavy atom. The summed E-state index contributed by atoms with van der Waals surface area (Å²) in [4.78, 5) is 13.4. The van der Waals surface area contributed by atoms with Gasteiger partial charge in [-0.25, -0.2) is 0 Å². The molecular weight excluding hydrogens is 1250 g/mol. The van der Waals surface area contributed by atoms with Crippen LogP contribution in [0, 0.1) is 0 Å². The van der Waals surface area contributed by atoms with Crippen LogP contribution in [0.3, 0.4) is 0 Å². The van der Waals surface area contributed by atoms with Crippen molar-refractivity contribution in [1.82, 2.24) is 5.32 Å². The van der Waals surface area contributed by atoms with Crippen LogP contribution in [-0.2, 0) is 23.7 Å². The first-order chi connectivity index (χ1) is 49.1. The first-order valence-corrected chi connectivity index (χ1v) is 41.1. The third-order valence-electron chi connectivity index (χ3n) is 19.5. The predicted molar refractivity (Wildman–Crippen MR) is 415 cm³/mol. The molecule has 0 saturated carbocycles. The summed E-state index contributed by atoms with van der Waals surface area (Å²) < 4.78 is 22.9. The minimum Gasteiger partial charge on any atom is -0.394 e. The van der Waals surface area contributed by atoms with Crippen LogP contribution in [0.2, 0.25) is 0 Å². The lowest BCUT2D eigenvalue weighted by Crippen LogP contribution is -2.65. The fraction of sp³-hybridized carbons (Fsp3) is 0.779. The predicted octanol–water partition coefficient (Wildman–Crippen LogP) is 19.0. The van der Waals surface area contributed by atoms with Gasteiger partial charge in [0.05, 0.1) is 32.0 Å². The van der Waals surface area contributed by atoms with Gasteiger partial charge >= 0.3 is 0 Å². The largest absolute Gasteiger partial charge is 0.394 e. The molecule has 2 rings (SSSR count). The van der Waals surface area contributed by atoms with Crippen molar-refractivity contribution in [1.29, 1.82) is 0 Å². The lowest BCUT2D eigenvalue weighted by atomic mass is 9.97. The number of rotatable bonds is 68. The van der Waals surface area contributed by atoms with E-state index in [4.69, 9.17) is 18.9 Å². The molecule has 14 nitrogen and oxygen atoms in total. The van der Waals surface area contributed by atoms with Gasteiger partial charge in [0.2, 0.25) is 5.91 Å². The SMILES string of the molecule is CC/C=C\C/C=C\C/C=C\C/C=C\C/C=C\C/C=C\C/C=C\C/C=C\CCCCCCCCCCCCC(=O)NC(COC1OC(CO)C(OC2OC(CO)C(O)C(O)C2O)C(O)C1O)C(O)/C=C/CCCCCCCCCCCCCCCCCCCCCCCCCCCCCCC. The maximum atomic E-state index is 13.4. The molecule has 0 aromatic rings. The monoisotopic (exact) mass is 1410 g/mol. The minimum atomic E-state index is -1.79. The molecule has 2 fully saturated rings. The van der Waals surface area contributed by atoms with Gasteiger partial charge in [-0.15, -0.1) is 0 Å². The van der Waals surface area contributed by atoms with Crippen molar-refractivity contribution in [3.8, 4) is 0 Å². The Kier molecular flexibility index (Phi) is 63.7. The second kappa shape index (κ2) is 68.7. The van der Waals surface area contributed by atoms with Gasteiger partial charge in [-0.3, -0.25) is 4.79 Å². The number of ether oxygens (including phenoxy) is 4. The molecule has 14 heteroatoms. The summed E-state index contributed by atoms with van der Waals surface area (Å²) in [6, 6.07) is -0.927. The number of carbonyl (C=O) groups excluding carboxylic acids is 1. The summed E-state index contributed by atoms with van der Waals surface area (Å²) in [6.45, 7) is 2.72. The average Bonchev–Trinajstić information content (AvgIpc) is 0.790. The molecule has 2 aliphatic rings. The highest BCUT2D eigenvalue weighted by Crippen LogP contribution is 2.30. The van der Waals surface area contributed by atoms with Crippen molar-refractivity contribution in [3.63, 3.8) is 0 Å². The number of hydrogen-bond donors (Lipinski definition) is 9. The molecule has 0 bridgehead atoms. The summed E-state index contributed by atoms with van der Waals surface area (Å²) in [5.74, 6) is -0.244. The summed E-state index contributed by atoms with van der Waals surface area (Å²) in [7, 11) is 0. The smallest absolute Gasteiger partial charge is 0.220 e. The average molecular weight is 1410 g/mol. The number of unbranched alkanes of at least 4 members (excludes halogenated alkanes) is 39. The molecule has 1 amide bonds. The Morgan fingerprint density at radius 3 is 1.06 bits per heavy atom. The molecule has 12 unspecified atom stereocenters. The van der Waals surface area contributed by atoms with E-state index >= 15 is 0 Å². The highest BCUT2D eigenvalue weighted by Gasteiger charge is 2.51. The molecule has 0 aromatic heterocycles. The van der Waals surface area contributed by atoms with Crippen LogP contribution in [0.4, 0.5) is 0 Å². The molecule has 578 valence electrons. The Labute approximate surface area is 610 Å². The van der Waals surface area contributed by atoms with Gasteiger partial charge in [-0.1, -0.05) is 354 Å². The Hall–Kier alpha value is -3.35. The van der Waals surface area contributed by atoms with E-state index in [0.29, 0.717) is 6.42 Å². The van der Waals surface area contributed by atoms with E-state index in [-0.39, 0.29) is 18.9 Å². The Balaban J connectivity index is 1.63. The van der Waals surface area contributed by atoms with E-state index in [0.717, 1.165) is 96.3 Å². The molecule has 2 saturated heterocycles. The van der Waals surface area contributed by atoms with Crippen LogP contribution in [0.15, 0.2) is 109 Å². The van der Waals surface area contributed by atoms with Crippen LogP contribution in [0.1, 0.15) is 335 Å². The lowest BCUT2D eigenvalue weighted by molar-refractivity contribution is -0.359. The molecular formula is C86H151NO13. The molecule has 0 spiro atoms. The molecule has 100 heavy (non-hydrogen) atoms. The van der Waals surface area contributed by atoms with E-state index in [1.165, 1.54) is 212 Å². The topological polar surface area (TPSA) is 228 Å². The zero-order valence-corrected chi connectivity index (χ0v) is 63.4. The maximum Gasteiger partial charge on any atom is 0.220 e. The van der Waals surface area contributed by atoms with Gasteiger partial charge in [-0.05, 0) is 83.5 Å². The molecule has 0 radical (unpaired) electrons. The Bertz CT molecular complexity index is 2100. The second-order valence-corrected chi connectivity index (χ2v) is 28.5. The number of amides is 1. The summed E-state index contributed by atoms with van der Waals surface area (Å²) in [5, 5.41) is 87.8. The fourth-order valence-corrected chi connectivity index (χ4v) is 13.0. The van der Waals surface area contributed by atoms with Gasteiger partial charge in [-0.2, -0.15) is 0 Å². The lowest BCUT2D eigenvalue weighted by Gasteiger charge is -2.46. The highest BCUT2D eigenvalue weighted by atomic mass is 16.7. The molecule has 0 aromatic carbocycles. The van der Waals surface area contributed by atoms with Crippen molar-refractivity contribution in [2.24, 2.45) is 0 Å². The van der Waals surface area contributed by atoms with E-state index in [1.807, 2.05) is 6.08 Å². The van der Waals surface area contributed by atoms with Crippen LogP contribution in [0.5, 0.6) is 0 Å². The van der Waals surface area contributed by atoms with Gasteiger partial charge in [0.15, 0.2) is 12.6 Å². The van der Waals surface area contributed by atoms with Crippen molar-refractivity contribution >= 4 is 5.91 Å². The number of allylic oxidation sites excluding steroid dienone is 17. The summed E-state index contributed by atoms with van der Waals surface area (Å²) in [6.07, 6.45) is 83.0. The standard InChI is InChI=1S/C86H151NO13/c1-3-5-7-9-11-13-15-17-19-21-23-25-27-29-31-33-35-36-37-38-40-42-44-46-48-50-52-54-56-58-60-62-64-66-68-70-78(91)87-74(73-97-85-83(96)81(94)84(77(72-89)99-85)100-86-82(95)80(93)79(92)76(71-88)98-86)75(90)69-67-65-63-61-59-57-55-53-51-49-47-45-43-41-39-34-32-30-28-26-24-22-20-18-16-14-12-10-8-6-4-2/h5,7,11,13,17,19,23,25,29,31,35-36,38,40,44,46,67,69,74-77,79-86,88-90,92-96H,3-4,6,8-10,12,14-16,18,20-22,24,26-28,30,32-34,37,39,41-43,45,47-66,68,70-73H2,1-2H3,(H,87,91)/b7-5-,13-11-,19-17-,25-23-,31-29-,36-35-,40-38-,46-44-,69-67+. The molecule has 2 aliphatic heterocycles. The van der Waals surface area contributed by atoms with Gasteiger partial charge in [0, 0.05) is 6.42 Å². The summed E-state index contributed by atoms with van der Waals surface area (Å²) in [5.41, 5.74) is 0. The number of nitrogens with one attached hydrogen (secondary N) is 1. The second-order valence-electron chi connectivity index (χ2n) is 28.5. The van der Waals surface area contributed by atoms with Gasteiger partial charge in [0.25, 0.3) is 0 Å². The van der Waals surface area contributed by atoms with Crippen LogP contribution in [-0.4, -0.2) is 140 Å². The van der Waals surface area contributed by atoms with E-state index in [2.05, 4.69) is 116 Å².